The van der Waals surface area contributed by atoms with Crippen molar-refractivity contribution < 1.29 is 5.11 Å². The molecule has 1 aromatic rings. The van der Waals surface area contributed by atoms with Crippen LogP contribution in [0.25, 0.3) is 0 Å². The third-order valence-corrected chi connectivity index (χ3v) is 2.99. The molecular formula is C11H17N3O2. The van der Waals surface area contributed by atoms with Crippen molar-refractivity contribution in [2.45, 2.75) is 44.2 Å². The Morgan fingerprint density at radius 1 is 1.38 bits per heavy atom. The van der Waals surface area contributed by atoms with Crippen LogP contribution < -0.4 is 10.9 Å². The third-order valence-electron chi connectivity index (χ3n) is 2.99. The molecule has 1 saturated carbocycles. The Kier molecular flexibility index (Phi) is 3.56. The van der Waals surface area contributed by atoms with Crippen LogP contribution in [0.2, 0.25) is 0 Å². The van der Waals surface area contributed by atoms with E-state index in [1.54, 1.807) is 0 Å². The van der Waals surface area contributed by atoms with Gasteiger partial charge in [-0.25, -0.2) is 4.98 Å². The van der Waals surface area contributed by atoms with Gasteiger partial charge in [-0.15, -0.1) is 0 Å². The van der Waals surface area contributed by atoms with Gasteiger partial charge >= 0.3 is 0 Å². The van der Waals surface area contributed by atoms with E-state index in [1.807, 2.05) is 0 Å². The van der Waals surface area contributed by atoms with Crippen molar-refractivity contribution in [3.8, 4) is 0 Å². The minimum atomic E-state index is -0.344. The molecule has 0 spiro atoms. The lowest BCUT2D eigenvalue weighted by Crippen LogP contribution is -2.33. The van der Waals surface area contributed by atoms with Gasteiger partial charge in [-0.2, -0.15) is 0 Å². The van der Waals surface area contributed by atoms with Gasteiger partial charge in [-0.1, -0.05) is 19.3 Å². The number of aliphatic hydroxyl groups excluding tert-OH is 1. The van der Waals surface area contributed by atoms with Crippen molar-refractivity contribution in [3.63, 3.8) is 0 Å². The van der Waals surface area contributed by atoms with Crippen LogP contribution in [0, 0.1) is 0 Å². The van der Waals surface area contributed by atoms with Gasteiger partial charge in [-0.3, -0.25) is 4.79 Å². The summed E-state index contributed by atoms with van der Waals surface area (Å²) < 4.78 is 0. The van der Waals surface area contributed by atoms with Crippen LogP contribution in [-0.2, 0) is 0 Å². The van der Waals surface area contributed by atoms with Crippen LogP contribution in [-0.4, -0.2) is 27.2 Å². The second kappa shape index (κ2) is 5.12. The quantitative estimate of drug-likeness (QED) is 0.650. The van der Waals surface area contributed by atoms with Gasteiger partial charge in [0.05, 0.1) is 18.5 Å². The zero-order chi connectivity index (χ0) is 11.4. The highest BCUT2D eigenvalue weighted by Crippen LogP contribution is 2.20. The number of H-pyrrole nitrogens is 1. The van der Waals surface area contributed by atoms with E-state index >= 15 is 0 Å². The molecule has 2 rings (SSSR count). The van der Waals surface area contributed by atoms with Crippen molar-refractivity contribution >= 4 is 5.82 Å². The maximum absolute atomic E-state index is 11.1. The van der Waals surface area contributed by atoms with Crippen molar-refractivity contribution in [1.29, 1.82) is 0 Å². The highest BCUT2D eigenvalue weighted by atomic mass is 16.3. The highest BCUT2D eigenvalue weighted by molar-refractivity contribution is 5.33. The molecule has 16 heavy (non-hydrogen) atoms. The molecule has 0 aliphatic heterocycles. The second-order valence-corrected chi connectivity index (χ2v) is 4.25. The van der Waals surface area contributed by atoms with Gasteiger partial charge in [-0.05, 0) is 12.8 Å². The lowest BCUT2D eigenvalue weighted by molar-refractivity contribution is 0.144. The number of nitrogens with zero attached hydrogens (tertiary/aromatic N) is 1. The van der Waals surface area contributed by atoms with Crippen molar-refractivity contribution in [3.05, 3.63) is 22.7 Å². The number of rotatable bonds is 2. The third kappa shape index (κ3) is 2.82. The van der Waals surface area contributed by atoms with Gasteiger partial charge in [0, 0.05) is 6.07 Å². The van der Waals surface area contributed by atoms with Gasteiger partial charge in [0.1, 0.15) is 5.82 Å². The Hall–Kier alpha value is -1.36. The number of aliphatic hydroxyl groups is 1. The molecule has 0 bridgehead atoms. The molecular weight excluding hydrogens is 206 g/mol. The van der Waals surface area contributed by atoms with Crippen molar-refractivity contribution in [2.24, 2.45) is 0 Å². The highest BCUT2D eigenvalue weighted by Gasteiger charge is 2.21. The molecule has 1 heterocycles. The number of hydrogen-bond acceptors (Lipinski definition) is 4. The molecule has 3 N–H and O–H groups in total. The first-order valence-electron chi connectivity index (χ1n) is 5.75. The van der Waals surface area contributed by atoms with E-state index in [4.69, 9.17) is 0 Å². The zero-order valence-corrected chi connectivity index (χ0v) is 9.15. The first-order chi connectivity index (χ1) is 7.75. The molecule has 0 aromatic carbocycles. The Bertz CT molecular complexity index is 391. The Morgan fingerprint density at radius 2 is 2.19 bits per heavy atom. The summed E-state index contributed by atoms with van der Waals surface area (Å²) >= 11 is 0. The standard InChI is InChI=1S/C11H17N3O2/c15-9-5-3-1-2-4-8(9)14-10-6-11(16)13-7-12-10/h6-9,15H,1-5H2,(H2,12,13,14,16). The lowest BCUT2D eigenvalue weighted by Gasteiger charge is -2.21. The summed E-state index contributed by atoms with van der Waals surface area (Å²) in [5.74, 6) is 0.537. The minimum Gasteiger partial charge on any atom is -0.391 e. The monoisotopic (exact) mass is 223 g/mol. The molecule has 1 fully saturated rings. The van der Waals surface area contributed by atoms with Crippen molar-refractivity contribution in [2.75, 3.05) is 5.32 Å². The summed E-state index contributed by atoms with van der Waals surface area (Å²) in [7, 11) is 0. The lowest BCUT2D eigenvalue weighted by atomic mass is 10.1. The molecule has 1 aliphatic rings. The molecule has 1 aliphatic carbocycles. The SMILES string of the molecule is O=c1cc(NC2CCCCCC2O)nc[nH]1. The second-order valence-electron chi connectivity index (χ2n) is 4.25. The van der Waals surface area contributed by atoms with Crippen LogP contribution in [0.4, 0.5) is 5.82 Å². The van der Waals surface area contributed by atoms with Crippen LogP contribution in [0.5, 0.6) is 0 Å². The van der Waals surface area contributed by atoms with E-state index < -0.39 is 0 Å². The van der Waals surface area contributed by atoms with E-state index in [0.29, 0.717) is 5.82 Å². The maximum Gasteiger partial charge on any atom is 0.252 e. The number of anilines is 1. The van der Waals surface area contributed by atoms with Crippen molar-refractivity contribution in [1.82, 2.24) is 9.97 Å². The minimum absolute atomic E-state index is 0.0109. The summed E-state index contributed by atoms with van der Waals surface area (Å²) in [6, 6.07) is 1.43. The smallest absolute Gasteiger partial charge is 0.252 e. The summed E-state index contributed by atoms with van der Waals surface area (Å²) in [5.41, 5.74) is -0.180. The topological polar surface area (TPSA) is 78.0 Å². The first kappa shape index (κ1) is 11.1. The normalized spacial score (nSPS) is 26.1. The van der Waals surface area contributed by atoms with Crippen LogP contribution in [0.15, 0.2) is 17.2 Å². The predicted molar refractivity (Wildman–Crippen MR) is 61.4 cm³/mol. The Labute approximate surface area is 93.9 Å². The molecule has 5 nitrogen and oxygen atoms in total. The molecule has 0 saturated heterocycles. The summed E-state index contributed by atoms with van der Waals surface area (Å²) in [4.78, 5) is 17.6. The number of aromatic amines is 1. The number of nitrogens with one attached hydrogen (secondary N) is 2. The van der Waals surface area contributed by atoms with E-state index in [-0.39, 0.29) is 17.7 Å². The first-order valence-corrected chi connectivity index (χ1v) is 5.75. The maximum atomic E-state index is 11.1. The number of hydrogen-bond donors (Lipinski definition) is 3. The Balaban J connectivity index is 2.04. The van der Waals surface area contributed by atoms with Crippen LogP contribution in [0.1, 0.15) is 32.1 Å². The van der Waals surface area contributed by atoms with Gasteiger partial charge in [0.15, 0.2) is 0 Å². The van der Waals surface area contributed by atoms with Crippen LogP contribution in [0.3, 0.4) is 0 Å². The van der Waals surface area contributed by atoms with E-state index in [9.17, 15) is 9.90 Å². The van der Waals surface area contributed by atoms with Gasteiger partial charge in [0.2, 0.25) is 0 Å². The fourth-order valence-electron chi connectivity index (χ4n) is 2.09. The zero-order valence-electron chi connectivity index (χ0n) is 9.15. The largest absolute Gasteiger partial charge is 0.391 e. The molecule has 0 radical (unpaired) electrons. The molecule has 88 valence electrons. The molecule has 5 heteroatoms. The van der Waals surface area contributed by atoms with E-state index in [2.05, 4.69) is 15.3 Å². The summed E-state index contributed by atoms with van der Waals surface area (Å²) in [6.45, 7) is 0. The fraction of sp³-hybridized carbons (Fsp3) is 0.636. The molecule has 1 aromatic heterocycles. The predicted octanol–water partition coefficient (Wildman–Crippen LogP) is 0.875. The van der Waals surface area contributed by atoms with E-state index in [1.165, 1.54) is 12.4 Å². The average molecular weight is 223 g/mol. The average Bonchev–Trinajstić information content (AvgIpc) is 2.45. The summed E-state index contributed by atoms with van der Waals surface area (Å²) in [6.07, 6.45) is 6.12. The molecule has 0 amide bonds. The molecule has 2 unspecified atom stereocenters. The van der Waals surface area contributed by atoms with E-state index in [0.717, 1.165) is 32.1 Å². The van der Waals surface area contributed by atoms with Gasteiger partial charge < -0.3 is 15.4 Å². The number of aromatic nitrogens is 2. The van der Waals surface area contributed by atoms with Crippen LogP contribution >= 0.6 is 0 Å². The summed E-state index contributed by atoms with van der Waals surface area (Å²) in [5, 5.41) is 13.0. The van der Waals surface area contributed by atoms with Gasteiger partial charge in [0.25, 0.3) is 5.56 Å². The fourth-order valence-corrected chi connectivity index (χ4v) is 2.09. The Morgan fingerprint density at radius 3 is 3.00 bits per heavy atom. The molecule has 2 atom stereocenters.